The van der Waals surface area contributed by atoms with E-state index in [1.54, 1.807) is 11.2 Å². The second kappa shape index (κ2) is 12.4. The minimum atomic E-state index is -0.803. The Balaban J connectivity index is 2.27. The Bertz CT molecular complexity index is 925. The van der Waals surface area contributed by atoms with E-state index in [4.69, 9.17) is 16.3 Å². The van der Waals surface area contributed by atoms with Gasteiger partial charge in [0, 0.05) is 18.4 Å². The summed E-state index contributed by atoms with van der Waals surface area (Å²) in [5.74, 6) is 5.54. The van der Waals surface area contributed by atoms with Gasteiger partial charge in [0.2, 0.25) is 0 Å². The van der Waals surface area contributed by atoms with Crippen LogP contribution in [0.5, 0.6) is 0 Å². The quantitative estimate of drug-likeness (QED) is 0.248. The van der Waals surface area contributed by atoms with Crippen molar-refractivity contribution >= 4 is 5.97 Å². The average Bonchev–Trinajstić information content (AvgIpc) is 2.79. The van der Waals surface area contributed by atoms with E-state index in [1.807, 2.05) is 69.3 Å². The monoisotopic (exact) mass is 453 g/mol. The van der Waals surface area contributed by atoms with Gasteiger partial charge in [-0.2, -0.15) is 0 Å². The summed E-state index contributed by atoms with van der Waals surface area (Å²) in [6.07, 6.45) is 3.91. The molecule has 0 aliphatic heterocycles. The fraction of sp³-hybridized carbons (Fsp3) is 0.444. The fourth-order valence-corrected chi connectivity index (χ4v) is 3.99. The first kappa shape index (κ1) is 26.4. The molecule has 0 aromatic heterocycles. The Morgan fingerprint density at radius 3 is 2.55 bits per heavy atom. The highest BCUT2D eigenvalue weighted by Crippen LogP contribution is 2.41. The number of nitrogens with zero attached hydrogens (tertiary/aromatic N) is 1. The van der Waals surface area contributed by atoms with Crippen molar-refractivity contribution in [1.82, 2.24) is 5.01 Å². The largest absolute Gasteiger partial charge is 0.460 e. The summed E-state index contributed by atoms with van der Waals surface area (Å²) < 4.78 is 5.72. The van der Waals surface area contributed by atoms with Crippen molar-refractivity contribution in [2.45, 2.75) is 66.1 Å². The number of benzene rings is 2. The fourth-order valence-electron chi connectivity index (χ4n) is 3.99. The number of rotatable bonds is 12. The molecule has 1 unspecified atom stereocenters. The van der Waals surface area contributed by atoms with Crippen molar-refractivity contribution in [3.05, 3.63) is 82.7 Å². The van der Waals surface area contributed by atoms with Crippen LogP contribution in [-0.2, 0) is 22.7 Å². The van der Waals surface area contributed by atoms with Crippen molar-refractivity contribution in [3.63, 3.8) is 0 Å². The molecule has 2 aromatic carbocycles. The standard InChI is InChI=1S/C27H39N3O3/c1-5-15-30(29)17-24(28)13-14-25(22-12-11-20(2)23(16-22)18-31)27(3,4)26(32)33-19-21-9-7-6-8-10-21/h6-12,16-17,25,31H,5,13-15,18-19,28-29H2,1-4H3/b24-17-. The van der Waals surface area contributed by atoms with Gasteiger partial charge in [0.05, 0.1) is 12.0 Å². The number of aliphatic hydroxyl groups is 1. The third kappa shape index (κ3) is 7.62. The predicted octanol–water partition coefficient (Wildman–Crippen LogP) is 4.51. The minimum Gasteiger partial charge on any atom is -0.460 e. The summed E-state index contributed by atoms with van der Waals surface area (Å²) in [7, 11) is 0. The van der Waals surface area contributed by atoms with Gasteiger partial charge >= 0.3 is 5.97 Å². The lowest BCUT2D eigenvalue weighted by atomic mass is 9.72. The van der Waals surface area contributed by atoms with Crippen LogP contribution in [0.15, 0.2) is 60.4 Å². The number of carbonyl (C=O) groups excluding carboxylic acids is 1. The van der Waals surface area contributed by atoms with E-state index in [-0.39, 0.29) is 25.1 Å². The Labute approximate surface area is 198 Å². The predicted molar refractivity (Wildman–Crippen MR) is 133 cm³/mol. The second-order valence-electron chi connectivity index (χ2n) is 9.16. The molecule has 2 aromatic rings. The Hall–Kier alpha value is -2.83. The van der Waals surface area contributed by atoms with Crippen molar-refractivity contribution in [1.29, 1.82) is 0 Å². The van der Waals surface area contributed by atoms with Gasteiger partial charge in [-0.15, -0.1) is 0 Å². The van der Waals surface area contributed by atoms with Gasteiger partial charge in [-0.05, 0) is 68.2 Å². The number of esters is 1. The molecule has 6 nitrogen and oxygen atoms in total. The van der Waals surface area contributed by atoms with Crippen LogP contribution < -0.4 is 11.6 Å². The van der Waals surface area contributed by atoms with E-state index >= 15 is 0 Å². The van der Waals surface area contributed by atoms with Crippen molar-refractivity contribution in [3.8, 4) is 0 Å². The number of hydrogen-bond donors (Lipinski definition) is 3. The molecule has 33 heavy (non-hydrogen) atoms. The summed E-state index contributed by atoms with van der Waals surface area (Å²) in [5, 5.41) is 11.4. The highest BCUT2D eigenvalue weighted by atomic mass is 16.5. The third-order valence-corrected chi connectivity index (χ3v) is 6.09. The average molecular weight is 454 g/mol. The topological polar surface area (TPSA) is 102 Å². The molecule has 1 atom stereocenters. The molecule has 0 bridgehead atoms. The summed E-state index contributed by atoms with van der Waals surface area (Å²) in [5.41, 5.74) is 9.91. The van der Waals surface area contributed by atoms with Gasteiger partial charge in [-0.25, -0.2) is 5.84 Å². The number of carbonyl (C=O) groups is 1. The van der Waals surface area contributed by atoms with Gasteiger partial charge < -0.3 is 20.6 Å². The zero-order chi connectivity index (χ0) is 24.4. The summed E-state index contributed by atoms with van der Waals surface area (Å²) >= 11 is 0. The molecule has 0 fully saturated rings. The first-order valence-corrected chi connectivity index (χ1v) is 11.6. The second-order valence-corrected chi connectivity index (χ2v) is 9.16. The van der Waals surface area contributed by atoms with Gasteiger partial charge in [0.1, 0.15) is 6.61 Å². The SMILES string of the molecule is CCCN(N)/C=C(\N)CCC(c1ccc(C)c(CO)c1)C(C)(C)C(=O)OCc1ccccc1. The molecule has 5 N–H and O–H groups in total. The van der Waals surface area contributed by atoms with Crippen LogP contribution in [0.3, 0.4) is 0 Å². The van der Waals surface area contributed by atoms with Crippen LogP contribution in [0.2, 0.25) is 0 Å². The van der Waals surface area contributed by atoms with E-state index in [0.29, 0.717) is 18.5 Å². The lowest BCUT2D eigenvalue weighted by molar-refractivity contribution is -0.156. The van der Waals surface area contributed by atoms with Crippen molar-refractivity contribution in [2.75, 3.05) is 6.54 Å². The van der Waals surface area contributed by atoms with Gasteiger partial charge in [-0.1, -0.05) is 55.5 Å². The van der Waals surface area contributed by atoms with E-state index < -0.39 is 5.41 Å². The van der Waals surface area contributed by atoms with Crippen LogP contribution in [0.4, 0.5) is 0 Å². The number of hydrazine groups is 1. The number of aliphatic hydroxyl groups excluding tert-OH is 1. The Kier molecular flexibility index (Phi) is 9.95. The normalized spacial score (nSPS) is 13.0. The zero-order valence-electron chi connectivity index (χ0n) is 20.4. The lowest BCUT2D eigenvalue weighted by Gasteiger charge is -2.33. The molecule has 2 rings (SSSR count). The maximum atomic E-state index is 13.2. The number of ether oxygens (including phenoxy) is 1. The molecule has 0 saturated carbocycles. The molecular formula is C27H39N3O3. The smallest absolute Gasteiger partial charge is 0.312 e. The molecule has 0 aliphatic carbocycles. The van der Waals surface area contributed by atoms with E-state index in [1.165, 1.54) is 0 Å². The first-order valence-electron chi connectivity index (χ1n) is 11.6. The van der Waals surface area contributed by atoms with Gasteiger partial charge in [0.15, 0.2) is 0 Å². The maximum Gasteiger partial charge on any atom is 0.312 e. The van der Waals surface area contributed by atoms with E-state index in [2.05, 4.69) is 6.92 Å². The van der Waals surface area contributed by atoms with Crippen LogP contribution in [0, 0.1) is 12.3 Å². The number of allylic oxidation sites excluding steroid dienone is 1. The number of aryl methyl sites for hydroxylation is 1. The summed E-state index contributed by atoms with van der Waals surface area (Å²) in [6.45, 7) is 8.75. The summed E-state index contributed by atoms with van der Waals surface area (Å²) in [6, 6.07) is 15.7. The molecule has 6 heteroatoms. The van der Waals surface area contributed by atoms with Crippen LogP contribution in [-0.4, -0.2) is 22.6 Å². The molecular weight excluding hydrogens is 414 g/mol. The highest BCUT2D eigenvalue weighted by Gasteiger charge is 2.39. The molecule has 0 amide bonds. The summed E-state index contributed by atoms with van der Waals surface area (Å²) in [4.78, 5) is 13.2. The molecule has 0 saturated heterocycles. The molecule has 0 radical (unpaired) electrons. The van der Waals surface area contributed by atoms with E-state index in [9.17, 15) is 9.90 Å². The number of nitrogens with two attached hydrogens (primary N) is 2. The third-order valence-electron chi connectivity index (χ3n) is 6.09. The van der Waals surface area contributed by atoms with E-state index in [0.717, 1.165) is 35.2 Å². The molecule has 0 aliphatic rings. The van der Waals surface area contributed by atoms with Crippen LogP contribution in [0.25, 0.3) is 0 Å². The minimum absolute atomic E-state index is 0.0491. The van der Waals surface area contributed by atoms with Gasteiger partial charge in [-0.3, -0.25) is 4.79 Å². The first-order chi connectivity index (χ1) is 15.7. The van der Waals surface area contributed by atoms with Gasteiger partial charge in [0.25, 0.3) is 0 Å². The molecule has 0 spiro atoms. The number of hydrogen-bond acceptors (Lipinski definition) is 6. The molecule has 180 valence electrons. The van der Waals surface area contributed by atoms with Crippen LogP contribution in [0.1, 0.15) is 68.2 Å². The highest BCUT2D eigenvalue weighted by molar-refractivity contribution is 5.77. The Morgan fingerprint density at radius 1 is 1.21 bits per heavy atom. The maximum absolute atomic E-state index is 13.2. The van der Waals surface area contributed by atoms with Crippen molar-refractivity contribution < 1.29 is 14.6 Å². The molecule has 0 heterocycles. The van der Waals surface area contributed by atoms with Crippen molar-refractivity contribution in [2.24, 2.45) is 17.0 Å². The Morgan fingerprint density at radius 2 is 1.91 bits per heavy atom. The zero-order valence-corrected chi connectivity index (χ0v) is 20.4. The van der Waals surface area contributed by atoms with Crippen LogP contribution >= 0.6 is 0 Å². The lowest BCUT2D eigenvalue weighted by Crippen LogP contribution is -2.34.